The Morgan fingerprint density at radius 2 is 1.21 bits per heavy atom. The maximum Gasteiger partial charge on any atom is 0.493 e. The number of nitrogens with zero attached hydrogens (tertiary/aromatic N) is 1. The van der Waals surface area contributed by atoms with E-state index in [1.165, 1.54) is 22.5 Å². The fourth-order valence-electron chi connectivity index (χ4n) is 4.27. The molecule has 0 radical (unpaired) electrons. The van der Waals surface area contributed by atoms with Gasteiger partial charge in [-0.15, -0.1) is 0 Å². The van der Waals surface area contributed by atoms with Gasteiger partial charge in [0, 0.05) is 24.3 Å². The van der Waals surface area contributed by atoms with Gasteiger partial charge in [-0.2, -0.15) is 0 Å². The van der Waals surface area contributed by atoms with Crippen LogP contribution in [0.5, 0.6) is 0 Å². The van der Waals surface area contributed by atoms with Gasteiger partial charge in [0.2, 0.25) is 0 Å². The summed E-state index contributed by atoms with van der Waals surface area (Å²) in [6.07, 6.45) is 0. The molecule has 0 unspecified atom stereocenters. The summed E-state index contributed by atoms with van der Waals surface area (Å²) < 4.78 is 11.5. The van der Waals surface area contributed by atoms with E-state index in [0.29, 0.717) is 13.2 Å². The number of para-hydroxylation sites is 2. The lowest BCUT2D eigenvalue weighted by atomic mass is 9.73. The minimum Gasteiger partial charge on any atom is -0.408 e. The van der Waals surface area contributed by atoms with Crippen molar-refractivity contribution in [2.24, 2.45) is 0 Å². The quantitative estimate of drug-likeness (QED) is 0.518. The molecule has 1 aliphatic heterocycles. The van der Waals surface area contributed by atoms with Crippen molar-refractivity contribution in [2.75, 3.05) is 18.1 Å². The Morgan fingerprint density at radius 3 is 1.69 bits per heavy atom. The lowest BCUT2D eigenvalue weighted by Crippen LogP contribution is -2.37. The average molecular weight is 385 g/mol. The standard InChI is InChI=1S/C25H28BNO2/c1-5-28-26(29-6-2)19-15-17-20(18-16-19)27-23-13-9-7-11-21(23)25(3,4)22-12-8-10-14-24(22)27/h7-18H,5-6H2,1-4H3. The van der Waals surface area contributed by atoms with Gasteiger partial charge in [0.15, 0.2) is 0 Å². The van der Waals surface area contributed by atoms with Gasteiger partial charge in [0.1, 0.15) is 0 Å². The highest BCUT2D eigenvalue weighted by Crippen LogP contribution is 2.51. The van der Waals surface area contributed by atoms with E-state index >= 15 is 0 Å². The summed E-state index contributed by atoms with van der Waals surface area (Å²) in [5.41, 5.74) is 7.27. The van der Waals surface area contributed by atoms with Gasteiger partial charge >= 0.3 is 7.12 Å². The summed E-state index contributed by atoms with van der Waals surface area (Å²) in [5.74, 6) is 0. The summed E-state index contributed by atoms with van der Waals surface area (Å²) in [6.45, 7) is 9.83. The first kappa shape index (κ1) is 19.7. The molecule has 3 nitrogen and oxygen atoms in total. The monoisotopic (exact) mass is 385 g/mol. The predicted molar refractivity (Wildman–Crippen MR) is 122 cm³/mol. The van der Waals surface area contributed by atoms with Crippen molar-refractivity contribution in [3.63, 3.8) is 0 Å². The SMILES string of the molecule is CCOB(OCC)c1ccc(N2c3ccccc3C(C)(C)c3ccccc32)cc1. The van der Waals surface area contributed by atoms with Crippen molar-refractivity contribution in [3.05, 3.63) is 83.9 Å². The summed E-state index contributed by atoms with van der Waals surface area (Å²) in [6, 6.07) is 25.9. The highest BCUT2D eigenvalue weighted by molar-refractivity contribution is 6.61. The van der Waals surface area contributed by atoms with E-state index in [0.717, 1.165) is 11.2 Å². The van der Waals surface area contributed by atoms with Crippen LogP contribution in [0.4, 0.5) is 17.1 Å². The molecule has 29 heavy (non-hydrogen) atoms. The molecule has 0 spiro atoms. The number of hydrogen-bond acceptors (Lipinski definition) is 3. The molecular formula is C25H28BNO2. The zero-order valence-electron chi connectivity index (χ0n) is 17.7. The van der Waals surface area contributed by atoms with Gasteiger partial charge in [-0.3, -0.25) is 0 Å². The molecule has 0 aliphatic carbocycles. The topological polar surface area (TPSA) is 21.7 Å². The number of benzene rings is 3. The number of fused-ring (bicyclic) bond motifs is 2. The van der Waals surface area contributed by atoms with Gasteiger partial charge < -0.3 is 14.2 Å². The van der Waals surface area contributed by atoms with E-state index < -0.39 is 0 Å². The fourth-order valence-corrected chi connectivity index (χ4v) is 4.27. The molecule has 0 atom stereocenters. The Morgan fingerprint density at radius 1 is 0.724 bits per heavy atom. The Hall–Kier alpha value is -2.56. The van der Waals surface area contributed by atoms with Crippen LogP contribution in [-0.2, 0) is 14.7 Å². The first-order chi connectivity index (χ1) is 14.1. The van der Waals surface area contributed by atoms with Gasteiger partial charge in [0.25, 0.3) is 0 Å². The number of hydrogen-bond donors (Lipinski definition) is 0. The molecule has 0 N–H and O–H groups in total. The van der Waals surface area contributed by atoms with Crippen molar-refractivity contribution in [1.82, 2.24) is 0 Å². The van der Waals surface area contributed by atoms with Crippen LogP contribution < -0.4 is 10.4 Å². The molecule has 0 fully saturated rings. The molecule has 3 aromatic rings. The van der Waals surface area contributed by atoms with Crippen LogP contribution >= 0.6 is 0 Å². The Kier molecular flexibility index (Phi) is 5.49. The van der Waals surface area contributed by atoms with Crippen LogP contribution in [0.2, 0.25) is 0 Å². The molecule has 0 aromatic heterocycles. The Bertz CT molecular complexity index is 929. The summed E-state index contributed by atoms with van der Waals surface area (Å²) in [5, 5.41) is 0. The van der Waals surface area contributed by atoms with E-state index in [2.05, 4.69) is 91.5 Å². The van der Waals surface area contributed by atoms with Gasteiger partial charge in [-0.25, -0.2) is 0 Å². The maximum atomic E-state index is 5.76. The molecule has 4 rings (SSSR count). The van der Waals surface area contributed by atoms with Crippen molar-refractivity contribution < 1.29 is 9.31 Å². The van der Waals surface area contributed by atoms with Gasteiger partial charge in [-0.1, -0.05) is 62.4 Å². The fraction of sp³-hybridized carbons (Fsp3) is 0.280. The first-order valence-corrected chi connectivity index (χ1v) is 10.4. The molecule has 4 heteroatoms. The zero-order chi connectivity index (χ0) is 20.4. The first-order valence-electron chi connectivity index (χ1n) is 10.4. The van der Waals surface area contributed by atoms with Crippen molar-refractivity contribution in [2.45, 2.75) is 33.1 Å². The van der Waals surface area contributed by atoms with Crippen LogP contribution in [0, 0.1) is 0 Å². The Labute approximate surface area is 174 Å². The second kappa shape index (κ2) is 8.06. The van der Waals surface area contributed by atoms with Crippen LogP contribution in [0.1, 0.15) is 38.8 Å². The molecule has 1 aliphatic rings. The van der Waals surface area contributed by atoms with E-state index in [9.17, 15) is 0 Å². The predicted octanol–water partition coefficient (Wildman–Crippen LogP) is 5.56. The third-order valence-electron chi connectivity index (χ3n) is 5.70. The second-order valence-corrected chi connectivity index (χ2v) is 7.83. The normalized spacial score (nSPS) is 14.3. The zero-order valence-corrected chi connectivity index (χ0v) is 17.7. The molecule has 148 valence electrons. The van der Waals surface area contributed by atoms with E-state index in [-0.39, 0.29) is 12.5 Å². The van der Waals surface area contributed by atoms with Gasteiger partial charge in [0.05, 0.1) is 11.4 Å². The molecular weight excluding hydrogens is 357 g/mol. The lowest BCUT2D eigenvalue weighted by Gasteiger charge is -2.42. The van der Waals surface area contributed by atoms with E-state index in [1.54, 1.807) is 0 Å². The Balaban J connectivity index is 1.80. The summed E-state index contributed by atoms with van der Waals surface area (Å²) in [7, 11) is -0.320. The van der Waals surface area contributed by atoms with Crippen LogP contribution in [-0.4, -0.2) is 20.3 Å². The molecule has 0 bridgehead atoms. The molecule has 0 saturated carbocycles. The lowest BCUT2D eigenvalue weighted by molar-refractivity contribution is 0.225. The molecule has 3 aromatic carbocycles. The minimum atomic E-state index is -0.320. The largest absolute Gasteiger partial charge is 0.493 e. The summed E-state index contributed by atoms with van der Waals surface area (Å²) in [4.78, 5) is 2.36. The summed E-state index contributed by atoms with van der Waals surface area (Å²) >= 11 is 0. The highest BCUT2D eigenvalue weighted by atomic mass is 16.6. The van der Waals surface area contributed by atoms with Crippen LogP contribution in [0.3, 0.4) is 0 Å². The minimum absolute atomic E-state index is 0.0430. The van der Waals surface area contributed by atoms with Gasteiger partial charge in [-0.05, 0) is 54.7 Å². The van der Waals surface area contributed by atoms with Crippen molar-refractivity contribution >= 4 is 29.6 Å². The molecule has 0 saturated heterocycles. The molecule has 1 heterocycles. The van der Waals surface area contributed by atoms with E-state index in [4.69, 9.17) is 9.31 Å². The number of anilines is 3. The highest BCUT2D eigenvalue weighted by Gasteiger charge is 2.36. The number of rotatable bonds is 6. The van der Waals surface area contributed by atoms with Crippen LogP contribution in [0.25, 0.3) is 0 Å². The molecule has 0 amide bonds. The van der Waals surface area contributed by atoms with Crippen LogP contribution in [0.15, 0.2) is 72.8 Å². The van der Waals surface area contributed by atoms with E-state index in [1.807, 2.05) is 13.8 Å². The third kappa shape index (κ3) is 3.47. The maximum absolute atomic E-state index is 5.76. The van der Waals surface area contributed by atoms with Crippen molar-refractivity contribution in [1.29, 1.82) is 0 Å². The third-order valence-corrected chi connectivity index (χ3v) is 5.70. The average Bonchev–Trinajstić information content (AvgIpc) is 2.74. The van der Waals surface area contributed by atoms with Crippen molar-refractivity contribution in [3.8, 4) is 0 Å². The smallest absolute Gasteiger partial charge is 0.408 e. The second-order valence-electron chi connectivity index (χ2n) is 7.83.